The van der Waals surface area contributed by atoms with E-state index in [1.807, 2.05) is 7.05 Å². The average Bonchev–Trinajstić information content (AvgIpc) is 2.32. The van der Waals surface area contributed by atoms with Gasteiger partial charge in [0.05, 0.1) is 0 Å². The van der Waals surface area contributed by atoms with E-state index in [1.54, 1.807) is 0 Å². The van der Waals surface area contributed by atoms with Crippen LogP contribution in [0.4, 0.5) is 5.82 Å². The van der Waals surface area contributed by atoms with Crippen LogP contribution in [0.2, 0.25) is 0 Å². The SMILES string of the molecule is CNCc1c(C)cc(C)nc1N1CCC(C)CC1C. The van der Waals surface area contributed by atoms with Crippen LogP contribution in [-0.2, 0) is 6.54 Å². The second-order valence-electron chi connectivity index (χ2n) is 6.08. The number of pyridine rings is 1. The normalized spacial score (nSPS) is 23.7. The van der Waals surface area contributed by atoms with Crippen molar-refractivity contribution >= 4 is 5.82 Å². The van der Waals surface area contributed by atoms with E-state index in [-0.39, 0.29) is 0 Å². The lowest BCUT2D eigenvalue weighted by atomic mass is 9.92. The van der Waals surface area contributed by atoms with Crippen molar-refractivity contribution in [1.82, 2.24) is 10.3 Å². The number of nitrogens with one attached hydrogen (secondary N) is 1. The summed E-state index contributed by atoms with van der Waals surface area (Å²) in [6.45, 7) is 11.0. The predicted octanol–water partition coefficient (Wildman–Crippen LogP) is 3.04. The molecule has 0 bridgehead atoms. The molecule has 2 unspecified atom stereocenters. The van der Waals surface area contributed by atoms with E-state index in [0.717, 1.165) is 24.7 Å². The predicted molar refractivity (Wildman–Crippen MR) is 81.7 cm³/mol. The Bertz CT molecular complexity index is 442. The number of aromatic nitrogens is 1. The Morgan fingerprint density at radius 2 is 2.11 bits per heavy atom. The molecule has 1 aliphatic heterocycles. The summed E-state index contributed by atoms with van der Waals surface area (Å²) in [4.78, 5) is 7.34. The number of rotatable bonds is 3. The van der Waals surface area contributed by atoms with Crippen LogP contribution in [0.25, 0.3) is 0 Å². The first kappa shape index (κ1) is 14.3. The van der Waals surface area contributed by atoms with Crippen LogP contribution in [0.3, 0.4) is 0 Å². The number of piperidine rings is 1. The summed E-state index contributed by atoms with van der Waals surface area (Å²) in [5.74, 6) is 2.04. The quantitative estimate of drug-likeness (QED) is 0.906. The second kappa shape index (κ2) is 5.91. The molecule has 1 saturated heterocycles. The maximum absolute atomic E-state index is 4.84. The Kier molecular flexibility index (Phi) is 4.46. The molecule has 1 aromatic heterocycles. The first-order valence-electron chi connectivity index (χ1n) is 7.41. The largest absolute Gasteiger partial charge is 0.354 e. The van der Waals surface area contributed by atoms with Crippen LogP contribution in [0.1, 0.15) is 43.5 Å². The minimum absolute atomic E-state index is 0.591. The highest BCUT2D eigenvalue weighted by molar-refractivity contribution is 5.52. The molecule has 1 aliphatic rings. The maximum atomic E-state index is 4.84. The van der Waals surface area contributed by atoms with E-state index in [0.29, 0.717) is 6.04 Å². The second-order valence-corrected chi connectivity index (χ2v) is 6.08. The fourth-order valence-corrected chi connectivity index (χ4v) is 3.20. The van der Waals surface area contributed by atoms with E-state index < -0.39 is 0 Å². The van der Waals surface area contributed by atoms with Crippen molar-refractivity contribution in [2.24, 2.45) is 5.92 Å². The van der Waals surface area contributed by atoms with Gasteiger partial charge in [-0.2, -0.15) is 0 Å². The molecule has 0 aliphatic carbocycles. The summed E-state index contributed by atoms with van der Waals surface area (Å²) < 4.78 is 0. The third-order valence-corrected chi connectivity index (χ3v) is 4.22. The van der Waals surface area contributed by atoms with Gasteiger partial charge in [0, 0.05) is 30.4 Å². The molecule has 2 atom stereocenters. The molecule has 3 nitrogen and oxygen atoms in total. The molecule has 3 heteroatoms. The molecule has 1 aromatic rings. The van der Waals surface area contributed by atoms with Crippen molar-refractivity contribution in [2.45, 2.75) is 53.1 Å². The van der Waals surface area contributed by atoms with Crippen molar-refractivity contribution in [3.63, 3.8) is 0 Å². The monoisotopic (exact) mass is 261 g/mol. The molecule has 2 heterocycles. The van der Waals surface area contributed by atoms with Crippen LogP contribution in [0.15, 0.2) is 6.07 Å². The lowest BCUT2D eigenvalue weighted by Crippen LogP contribution is -2.41. The number of anilines is 1. The van der Waals surface area contributed by atoms with E-state index >= 15 is 0 Å². The van der Waals surface area contributed by atoms with Gasteiger partial charge in [-0.15, -0.1) is 0 Å². The summed E-state index contributed by atoms with van der Waals surface area (Å²) >= 11 is 0. The number of hydrogen-bond acceptors (Lipinski definition) is 3. The molecule has 0 spiro atoms. The minimum atomic E-state index is 0.591. The summed E-state index contributed by atoms with van der Waals surface area (Å²) in [6.07, 6.45) is 2.55. The lowest BCUT2D eigenvalue weighted by Gasteiger charge is -2.38. The van der Waals surface area contributed by atoms with Gasteiger partial charge in [0.2, 0.25) is 0 Å². The van der Waals surface area contributed by atoms with Crippen molar-refractivity contribution in [1.29, 1.82) is 0 Å². The summed E-state index contributed by atoms with van der Waals surface area (Å²) in [5.41, 5.74) is 3.83. The number of hydrogen-bond donors (Lipinski definition) is 1. The molecule has 1 fully saturated rings. The van der Waals surface area contributed by atoms with Gasteiger partial charge in [-0.05, 0) is 58.2 Å². The van der Waals surface area contributed by atoms with Gasteiger partial charge in [-0.3, -0.25) is 0 Å². The molecule has 106 valence electrons. The topological polar surface area (TPSA) is 28.2 Å². The molecular weight excluding hydrogens is 234 g/mol. The Labute approximate surface area is 117 Å². The standard InChI is InChI=1S/C16H27N3/c1-11-6-7-19(14(4)8-11)16-15(10-17-5)12(2)9-13(3)18-16/h9,11,14,17H,6-8,10H2,1-5H3. The van der Waals surface area contributed by atoms with Crippen molar-refractivity contribution < 1.29 is 0 Å². The Morgan fingerprint density at radius 1 is 1.37 bits per heavy atom. The van der Waals surface area contributed by atoms with Crippen LogP contribution in [0, 0.1) is 19.8 Å². The van der Waals surface area contributed by atoms with Crippen molar-refractivity contribution in [3.05, 3.63) is 22.9 Å². The van der Waals surface area contributed by atoms with Gasteiger partial charge in [0.15, 0.2) is 0 Å². The highest BCUT2D eigenvalue weighted by Gasteiger charge is 2.26. The van der Waals surface area contributed by atoms with Gasteiger partial charge in [0.1, 0.15) is 5.82 Å². The van der Waals surface area contributed by atoms with E-state index in [2.05, 4.69) is 44.0 Å². The van der Waals surface area contributed by atoms with Gasteiger partial charge in [-0.1, -0.05) is 6.92 Å². The van der Waals surface area contributed by atoms with Crippen LogP contribution < -0.4 is 10.2 Å². The zero-order chi connectivity index (χ0) is 14.0. The van der Waals surface area contributed by atoms with Gasteiger partial charge >= 0.3 is 0 Å². The van der Waals surface area contributed by atoms with Gasteiger partial charge in [-0.25, -0.2) is 4.98 Å². The zero-order valence-corrected chi connectivity index (χ0v) is 13.0. The van der Waals surface area contributed by atoms with Crippen LogP contribution in [-0.4, -0.2) is 24.6 Å². The van der Waals surface area contributed by atoms with Gasteiger partial charge < -0.3 is 10.2 Å². The van der Waals surface area contributed by atoms with E-state index in [4.69, 9.17) is 4.98 Å². The highest BCUT2D eigenvalue weighted by Crippen LogP contribution is 2.30. The molecule has 0 saturated carbocycles. The zero-order valence-electron chi connectivity index (χ0n) is 13.0. The van der Waals surface area contributed by atoms with Crippen LogP contribution in [0.5, 0.6) is 0 Å². The van der Waals surface area contributed by atoms with Crippen molar-refractivity contribution in [3.8, 4) is 0 Å². The molecule has 19 heavy (non-hydrogen) atoms. The highest BCUT2D eigenvalue weighted by atomic mass is 15.2. The fraction of sp³-hybridized carbons (Fsp3) is 0.688. The summed E-state index contributed by atoms with van der Waals surface area (Å²) in [7, 11) is 2.00. The third kappa shape index (κ3) is 3.08. The minimum Gasteiger partial charge on any atom is -0.354 e. The first-order chi connectivity index (χ1) is 9.02. The first-order valence-corrected chi connectivity index (χ1v) is 7.41. The Hall–Kier alpha value is -1.09. The van der Waals surface area contributed by atoms with Crippen molar-refractivity contribution in [2.75, 3.05) is 18.5 Å². The third-order valence-electron chi connectivity index (χ3n) is 4.22. The molecule has 1 N–H and O–H groups in total. The molecular formula is C16H27N3. The van der Waals surface area contributed by atoms with Crippen LogP contribution >= 0.6 is 0 Å². The average molecular weight is 261 g/mol. The molecule has 0 aromatic carbocycles. The molecule has 0 amide bonds. The number of aryl methyl sites for hydroxylation is 2. The lowest BCUT2D eigenvalue weighted by molar-refractivity contribution is 0.375. The fourth-order valence-electron chi connectivity index (χ4n) is 3.20. The smallest absolute Gasteiger partial charge is 0.133 e. The number of nitrogens with zero attached hydrogens (tertiary/aromatic N) is 2. The van der Waals surface area contributed by atoms with Gasteiger partial charge in [0.25, 0.3) is 0 Å². The Balaban J connectivity index is 2.37. The Morgan fingerprint density at radius 3 is 2.74 bits per heavy atom. The summed E-state index contributed by atoms with van der Waals surface area (Å²) in [5, 5.41) is 3.28. The van der Waals surface area contributed by atoms with E-state index in [9.17, 15) is 0 Å². The maximum Gasteiger partial charge on any atom is 0.133 e. The van der Waals surface area contributed by atoms with E-state index in [1.165, 1.54) is 29.8 Å². The summed E-state index contributed by atoms with van der Waals surface area (Å²) in [6, 6.07) is 2.78. The molecule has 2 rings (SSSR count). The molecule has 0 radical (unpaired) electrons.